The minimum Gasteiger partial charge on any atom is -0.394 e. The third kappa shape index (κ3) is 25.7. The van der Waals surface area contributed by atoms with Gasteiger partial charge < -0.3 is 8.85 Å². The first kappa shape index (κ1) is 36.7. The molecule has 0 amide bonds. The van der Waals surface area contributed by atoms with Crippen LogP contribution in [0.1, 0.15) is 182 Å². The van der Waals surface area contributed by atoms with E-state index in [1.54, 1.807) is 0 Å². The Kier molecular flexibility index (Phi) is 30.0. The fourth-order valence-electron chi connectivity index (χ4n) is 5.10. The van der Waals surface area contributed by atoms with Crippen molar-refractivity contribution in [3.8, 4) is 11.8 Å². The zero-order valence-corrected chi connectivity index (χ0v) is 27.1. The molecule has 0 bridgehead atoms. The average molecular weight is 537 g/mol. The molecule has 0 unspecified atom stereocenters. The van der Waals surface area contributed by atoms with Gasteiger partial charge in [0.1, 0.15) is 0 Å². The van der Waals surface area contributed by atoms with Crippen molar-refractivity contribution < 1.29 is 8.85 Å². The summed E-state index contributed by atoms with van der Waals surface area (Å²) in [5.74, 6) is 6.41. The third-order valence-electron chi connectivity index (χ3n) is 7.80. The van der Waals surface area contributed by atoms with Crippen LogP contribution in [0, 0.1) is 11.8 Å². The second-order valence-corrected chi connectivity index (χ2v) is 15.0. The Morgan fingerprint density at radius 3 is 1.11 bits per heavy atom. The highest BCUT2D eigenvalue weighted by molar-refractivity contribution is 6.67. The van der Waals surface area contributed by atoms with Gasteiger partial charge in [0.2, 0.25) is 0 Å². The summed E-state index contributed by atoms with van der Waals surface area (Å²) < 4.78 is 12.9. The first-order valence-electron chi connectivity index (χ1n) is 17.0. The van der Waals surface area contributed by atoms with Crippen molar-refractivity contribution in [3.63, 3.8) is 0 Å². The highest BCUT2D eigenvalue weighted by Gasteiger charge is 2.33. The summed E-state index contributed by atoms with van der Waals surface area (Å²) in [7, 11) is -1.96. The van der Waals surface area contributed by atoms with E-state index in [0.717, 1.165) is 38.1 Å². The topological polar surface area (TPSA) is 18.5 Å². The van der Waals surface area contributed by atoms with Crippen LogP contribution >= 0.6 is 0 Å². The van der Waals surface area contributed by atoms with Crippen molar-refractivity contribution in [3.05, 3.63) is 0 Å². The summed E-state index contributed by atoms with van der Waals surface area (Å²) in [4.78, 5) is 0. The highest BCUT2D eigenvalue weighted by atomic mass is 28.4. The Hall–Kier alpha value is -0.303. The lowest BCUT2D eigenvalue weighted by molar-refractivity contribution is 0.163. The minimum absolute atomic E-state index is 0.898. The largest absolute Gasteiger partial charge is 0.394 e. The summed E-state index contributed by atoms with van der Waals surface area (Å²) in [6.45, 7) is 10.8. The molecule has 2 nitrogen and oxygen atoms in total. The first-order chi connectivity index (χ1) is 18.2. The quantitative estimate of drug-likeness (QED) is 0.0537. The molecule has 0 rings (SSSR count). The normalized spacial score (nSPS) is 11.6. The molecular weight excluding hydrogens is 468 g/mol. The molecule has 0 saturated carbocycles. The molecule has 220 valence electrons. The lowest BCUT2D eigenvalue weighted by Gasteiger charge is -2.29. The zero-order chi connectivity index (χ0) is 27.1. The van der Waals surface area contributed by atoms with Crippen molar-refractivity contribution in [1.29, 1.82) is 0 Å². The molecule has 0 aromatic rings. The molecular formula is C34H68O2Si. The Labute approximate surface area is 236 Å². The van der Waals surface area contributed by atoms with Gasteiger partial charge in [0.25, 0.3) is 0 Å². The Morgan fingerprint density at radius 1 is 0.405 bits per heavy atom. The highest BCUT2D eigenvalue weighted by Crippen LogP contribution is 2.21. The van der Waals surface area contributed by atoms with E-state index in [9.17, 15) is 0 Å². The molecule has 0 aliphatic heterocycles. The van der Waals surface area contributed by atoms with Gasteiger partial charge in [-0.1, -0.05) is 150 Å². The van der Waals surface area contributed by atoms with Crippen LogP contribution in [0.15, 0.2) is 0 Å². The molecule has 0 aromatic heterocycles. The van der Waals surface area contributed by atoms with Crippen LogP contribution in [0.25, 0.3) is 0 Å². The van der Waals surface area contributed by atoms with E-state index in [4.69, 9.17) is 8.85 Å². The van der Waals surface area contributed by atoms with Gasteiger partial charge in [-0.15, -0.1) is 11.8 Å². The Bertz CT molecular complexity index is 492. The van der Waals surface area contributed by atoms with Crippen molar-refractivity contribution in [2.75, 3.05) is 13.2 Å². The van der Waals surface area contributed by atoms with Crippen molar-refractivity contribution in [1.82, 2.24) is 0 Å². The second-order valence-electron chi connectivity index (χ2n) is 11.2. The summed E-state index contributed by atoms with van der Waals surface area (Å²) in [5, 5.41) is 0. The van der Waals surface area contributed by atoms with Gasteiger partial charge >= 0.3 is 8.56 Å². The molecule has 37 heavy (non-hydrogen) atoms. The van der Waals surface area contributed by atoms with Crippen LogP contribution in [-0.2, 0) is 8.85 Å². The van der Waals surface area contributed by atoms with Gasteiger partial charge in [0, 0.05) is 26.1 Å². The van der Waals surface area contributed by atoms with Crippen LogP contribution < -0.4 is 0 Å². The minimum atomic E-state index is -1.96. The van der Waals surface area contributed by atoms with E-state index in [1.165, 1.54) is 141 Å². The number of rotatable bonds is 29. The van der Waals surface area contributed by atoms with Gasteiger partial charge in [0.15, 0.2) is 0 Å². The third-order valence-corrected chi connectivity index (χ3v) is 11.4. The van der Waals surface area contributed by atoms with Crippen molar-refractivity contribution in [2.24, 2.45) is 0 Å². The molecule has 0 aliphatic carbocycles. The van der Waals surface area contributed by atoms with Crippen LogP contribution in [0.3, 0.4) is 0 Å². The number of hydrogen-bond donors (Lipinski definition) is 0. The molecule has 0 spiro atoms. The van der Waals surface area contributed by atoms with Crippen LogP contribution in [0.4, 0.5) is 0 Å². The molecule has 0 aromatic carbocycles. The maximum atomic E-state index is 6.44. The second kappa shape index (κ2) is 30.2. The van der Waals surface area contributed by atoms with E-state index in [2.05, 4.69) is 39.5 Å². The van der Waals surface area contributed by atoms with E-state index in [-0.39, 0.29) is 0 Å². The smallest absolute Gasteiger partial charge is 0.337 e. The molecule has 0 fully saturated rings. The standard InChI is InChI=1S/C34H68O2Si/c1-5-9-11-13-15-17-19-20-21-22-23-24-26-28-30-32-34-36-37(7-3,8-4)35-33-31-29-27-25-18-16-14-12-10-6-2/h5-9,11,13-34H2,1-4H3. The van der Waals surface area contributed by atoms with E-state index >= 15 is 0 Å². The Balaban J connectivity index is 3.54. The SMILES string of the molecule is CCC#CCCCCCCCCO[Si](CC)(CC)OCCCCCCCCCCCCCCCCCC. The predicted molar refractivity (Wildman–Crippen MR) is 169 cm³/mol. The van der Waals surface area contributed by atoms with E-state index in [1.807, 2.05) is 0 Å². The molecule has 0 N–H and O–H groups in total. The molecule has 0 saturated heterocycles. The number of unbranched alkanes of at least 4 members (excludes halogenated alkanes) is 21. The predicted octanol–water partition coefficient (Wildman–Crippen LogP) is 11.9. The van der Waals surface area contributed by atoms with Crippen LogP contribution in [0.2, 0.25) is 12.1 Å². The van der Waals surface area contributed by atoms with Crippen molar-refractivity contribution >= 4 is 8.56 Å². The summed E-state index contributed by atoms with van der Waals surface area (Å²) in [5.41, 5.74) is 0. The maximum Gasteiger partial charge on any atom is 0.337 e. The van der Waals surface area contributed by atoms with Gasteiger partial charge in [-0.2, -0.15) is 0 Å². The van der Waals surface area contributed by atoms with Crippen molar-refractivity contribution in [2.45, 2.75) is 194 Å². The van der Waals surface area contributed by atoms with Gasteiger partial charge in [-0.25, -0.2) is 0 Å². The van der Waals surface area contributed by atoms with Gasteiger partial charge in [0.05, 0.1) is 0 Å². The van der Waals surface area contributed by atoms with Crippen LogP contribution in [0.5, 0.6) is 0 Å². The molecule has 3 heteroatoms. The molecule has 0 atom stereocenters. The summed E-state index contributed by atoms with van der Waals surface area (Å²) in [6.07, 6.45) is 32.4. The molecule has 0 aliphatic rings. The monoisotopic (exact) mass is 536 g/mol. The van der Waals surface area contributed by atoms with E-state index < -0.39 is 8.56 Å². The number of hydrogen-bond acceptors (Lipinski definition) is 2. The maximum absolute atomic E-state index is 6.44. The molecule has 0 radical (unpaired) electrons. The summed E-state index contributed by atoms with van der Waals surface area (Å²) >= 11 is 0. The van der Waals surface area contributed by atoms with E-state index in [0.29, 0.717) is 0 Å². The van der Waals surface area contributed by atoms with Gasteiger partial charge in [-0.3, -0.25) is 0 Å². The van der Waals surface area contributed by atoms with Crippen LogP contribution in [-0.4, -0.2) is 21.8 Å². The molecule has 0 heterocycles. The fraction of sp³-hybridized carbons (Fsp3) is 0.941. The average Bonchev–Trinajstić information content (AvgIpc) is 2.92. The fourth-order valence-corrected chi connectivity index (χ4v) is 7.53. The Morgan fingerprint density at radius 2 is 0.757 bits per heavy atom. The first-order valence-corrected chi connectivity index (χ1v) is 19.2. The lowest BCUT2D eigenvalue weighted by atomic mass is 10.0. The van der Waals surface area contributed by atoms with Gasteiger partial charge in [-0.05, 0) is 31.4 Å². The zero-order valence-electron chi connectivity index (χ0n) is 26.1. The summed E-state index contributed by atoms with van der Waals surface area (Å²) in [6, 6.07) is 2.17. The lowest BCUT2D eigenvalue weighted by Crippen LogP contribution is -2.41.